The molecule has 1 atom stereocenters. The lowest BCUT2D eigenvalue weighted by Gasteiger charge is -2.06. The van der Waals surface area contributed by atoms with Gasteiger partial charge in [-0.05, 0) is 31.2 Å². The van der Waals surface area contributed by atoms with Gasteiger partial charge in [0, 0.05) is 0 Å². The molecule has 0 saturated heterocycles. The van der Waals surface area contributed by atoms with Gasteiger partial charge in [0.05, 0.1) is 0 Å². The summed E-state index contributed by atoms with van der Waals surface area (Å²) >= 11 is 0. The number of nitrogens with zero attached hydrogens (tertiary/aromatic N) is 1. The number of rotatable bonds is 2. The normalized spacial score (nSPS) is 11.7. The van der Waals surface area contributed by atoms with Crippen LogP contribution in [0.2, 0.25) is 0 Å². The van der Waals surface area contributed by atoms with Crippen LogP contribution in [0.15, 0.2) is 24.3 Å². The Morgan fingerprint density at radius 1 is 1.42 bits per heavy atom. The Labute approximate surface area is 70.8 Å². The van der Waals surface area contributed by atoms with E-state index in [4.69, 9.17) is 15.1 Å². The van der Waals surface area contributed by atoms with Gasteiger partial charge in [-0.2, -0.15) is 5.26 Å². The van der Waals surface area contributed by atoms with Crippen LogP contribution in [0.5, 0.6) is 11.5 Å². The fourth-order valence-electron chi connectivity index (χ4n) is 0.755. The van der Waals surface area contributed by atoms with Crippen molar-refractivity contribution in [2.45, 2.75) is 13.0 Å². The van der Waals surface area contributed by atoms with Crippen molar-refractivity contribution in [1.82, 2.24) is 0 Å². The number of nitriles is 1. The topological polar surface area (TPSA) is 53.2 Å². The minimum absolute atomic E-state index is 0.187. The molecule has 0 unspecified atom stereocenters. The minimum Gasteiger partial charge on any atom is -0.508 e. The zero-order valence-electron chi connectivity index (χ0n) is 6.69. The number of aromatic hydroxyl groups is 1. The largest absolute Gasteiger partial charge is 0.508 e. The first-order chi connectivity index (χ1) is 5.72. The van der Waals surface area contributed by atoms with E-state index in [1.54, 1.807) is 19.1 Å². The van der Waals surface area contributed by atoms with Crippen molar-refractivity contribution < 1.29 is 9.84 Å². The van der Waals surface area contributed by atoms with Crippen molar-refractivity contribution >= 4 is 0 Å². The summed E-state index contributed by atoms with van der Waals surface area (Å²) in [6.45, 7) is 1.66. The highest BCUT2D eigenvalue weighted by Gasteiger charge is 2.00. The van der Waals surface area contributed by atoms with Crippen molar-refractivity contribution in [1.29, 1.82) is 5.26 Å². The molecule has 12 heavy (non-hydrogen) atoms. The van der Waals surface area contributed by atoms with Gasteiger partial charge in [-0.25, -0.2) is 0 Å². The molecule has 3 nitrogen and oxygen atoms in total. The quantitative estimate of drug-likeness (QED) is 0.721. The number of ether oxygens (including phenoxy) is 1. The van der Waals surface area contributed by atoms with Crippen LogP contribution in [0, 0.1) is 11.3 Å². The summed E-state index contributed by atoms with van der Waals surface area (Å²) < 4.78 is 5.15. The van der Waals surface area contributed by atoms with Gasteiger partial charge in [-0.3, -0.25) is 0 Å². The highest BCUT2D eigenvalue weighted by molar-refractivity contribution is 5.30. The van der Waals surface area contributed by atoms with E-state index >= 15 is 0 Å². The van der Waals surface area contributed by atoms with Gasteiger partial charge >= 0.3 is 0 Å². The van der Waals surface area contributed by atoms with Crippen molar-refractivity contribution in [2.75, 3.05) is 0 Å². The fourth-order valence-corrected chi connectivity index (χ4v) is 0.755. The first kappa shape index (κ1) is 8.41. The van der Waals surface area contributed by atoms with E-state index in [1.807, 2.05) is 6.07 Å². The maximum Gasteiger partial charge on any atom is 0.181 e. The molecule has 0 saturated carbocycles. The molecule has 1 aromatic rings. The van der Waals surface area contributed by atoms with E-state index in [9.17, 15) is 0 Å². The molecule has 0 amide bonds. The molecule has 0 radical (unpaired) electrons. The first-order valence-electron chi connectivity index (χ1n) is 3.57. The van der Waals surface area contributed by atoms with Crippen LogP contribution in [0.4, 0.5) is 0 Å². The molecule has 1 N–H and O–H groups in total. The predicted octanol–water partition coefficient (Wildman–Crippen LogP) is 1.68. The van der Waals surface area contributed by atoms with E-state index < -0.39 is 6.10 Å². The lowest BCUT2D eigenvalue weighted by atomic mass is 10.3. The van der Waals surface area contributed by atoms with Gasteiger partial charge < -0.3 is 9.84 Å². The van der Waals surface area contributed by atoms with Gasteiger partial charge in [-0.1, -0.05) is 0 Å². The van der Waals surface area contributed by atoms with Crippen LogP contribution < -0.4 is 4.74 Å². The number of benzene rings is 1. The SMILES string of the molecule is C[C@H](C#N)Oc1ccc(O)cc1. The third-order valence-corrected chi connectivity index (χ3v) is 1.33. The molecule has 0 fully saturated rings. The van der Waals surface area contributed by atoms with Crippen LogP contribution in [-0.2, 0) is 0 Å². The predicted molar refractivity (Wildman–Crippen MR) is 43.8 cm³/mol. The van der Waals surface area contributed by atoms with Crippen LogP contribution >= 0.6 is 0 Å². The summed E-state index contributed by atoms with van der Waals surface area (Å²) in [4.78, 5) is 0. The van der Waals surface area contributed by atoms with Crippen LogP contribution in [0.25, 0.3) is 0 Å². The molecule has 62 valence electrons. The molecule has 3 heteroatoms. The zero-order chi connectivity index (χ0) is 8.97. The van der Waals surface area contributed by atoms with Crippen molar-refractivity contribution in [3.8, 4) is 17.6 Å². The maximum atomic E-state index is 8.93. The Morgan fingerprint density at radius 3 is 2.50 bits per heavy atom. The zero-order valence-corrected chi connectivity index (χ0v) is 6.69. The van der Waals surface area contributed by atoms with E-state index in [-0.39, 0.29) is 5.75 Å². The van der Waals surface area contributed by atoms with Crippen LogP contribution in [0.3, 0.4) is 0 Å². The molecule has 0 heterocycles. The average molecular weight is 163 g/mol. The highest BCUT2D eigenvalue weighted by Crippen LogP contribution is 2.16. The summed E-state index contributed by atoms with van der Waals surface area (Å²) in [7, 11) is 0. The third-order valence-electron chi connectivity index (χ3n) is 1.33. The molecule has 1 aromatic carbocycles. The van der Waals surface area contributed by atoms with Crippen LogP contribution in [-0.4, -0.2) is 11.2 Å². The summed E-state index contributed by atoms with van der Waals surface area (Å²) in [5.74, 6) is 0.772. The Bertz CT molecular complexity index is 286. The van der Waals surface area contributed by atoms with Gasteiger partial charge in [0.25, 0.3) is 0 Å². The summed E-state index contributed by atoms with van der Waals surface area (Å²) in [6, 6.07) is 8.20. The molecule has 0 aliphatic heterocycles. The minimum atomic E-state index is -0.463. The van der Waals surface area contributed by atoms with Crippen LogP contribution in [0.1, 0.15) is 6.92 Å². The summed E-state index contributed by atoms with van der Waals surface area (Å²) in [5, 5.41) is 17.4. The molecule has 1 rings (SSSR count). The first-order valence-corrected chi connectivity index (χ1v) is 3.57. The number of hydrogen-bond acceptors (Lipinski definition) is 3. The molecule has 0 aliphatic carbocycles. The lowest BCUT2D eigenvalue weighted by Crippen LogP contribution is -2.07. The molecular formula is C9H9NO2. The molecule has 0 aromatic heterocycles. The molecular weight excluding hydrogens is 154 g/mol. The summed E-state index contributed by atoms with van der Waals surface area (Å²) in [6.07, 6.45) is -0.463. The van der Waals surface area contributed by atoms with Crippen molar-refractivity contribution in [2.24, 2.45) is 0 Å². The Morgan fingerprint density at radius 2 is 2.00 bits per heavy atom. The van der Waals surface area contributed by atoms with Gasteiger partial charge in [-0.15, -0.1) is 0 Å². The van der Waals surface area contributed by atoms with E-state index in [2.05, 4.69) is 0 Å². The van der Waals surface area contributed by atoms with E-state index in [0.29, 0.717) is 5.75 Å². The second-order valence-electron chi connectivity index (χ2n) is 2.38. The third kappa shape index (κ3) is 2.17. The van der Waals surface area contributed by atoms with E-state index in [1.165, 1.54) is 12.1 Å². The smallest absolute Gasteiger partial charge is 0.181 e. The average Bonchev–Trinajstić information content (AvgIpc) is 2.09. The molecule has 0 bridgehead atoms. The van der Waals surface area contributed by atoms with Crippen molar-refractivity contribution in [3.63, 3.8) is 0 Å². The lowest BCUT2D eigenvalue weighted by molar-refractivity contribution is 0.276. The number of phenolic OH excluding ortho intramolecular Hbond substituents is 1. The number of hydrogen-bond donors (Lipinski definition) is 1. The van der Waals surface area contributed by atoms with Gasteiger partial charge in [0.1, 0.15) is 17.6 Å². The monoisotopic (exact) mass is 163 g/mol. The summed E-state index contributed by atoms with van der Waals surface area (Å²) in [5.41, 5.74) is 0. The van der Waals surface area contributed by atoms with Gasteiger partial charge in [0.15, 0.2) is 6.10 Å². The highest BCUT2D eigenvalue weighted by atomic mass is 16.5. The fraction of sp³-hybridized carbons (Fsp3) is 0.222. The van der Waals surface area contributed by atoms with Crippen molar-refractivity contribution in [3.05, 3.63) is 24.3 Å². The Balaban J connectivity index is 2.66. The molecule has 0 spiro atoms. The van der Waals surface area contributed by atoms with E-state index in [0.717, 1.165) is 0 Å². The Kier molecular flexibility index (Phi) is 2.54. The second-order valence-corrected chi connectivity index (χ2v) is 2.38. The van der Waals surface area contributed by atoms with Gasteiger partial charge in [0.2, 0.25) is 0 Å². The number of phenols is 1. The Hall–Kier alpha value is -1.69. The second kappa shape index (κ2) is 3.63. The molecule has 0 aliphatic rings. The standard InChI is InChI=1S/C9H9NO2/c1-7(6-10)12-9-4-2-8(11)3-5-9/h2-5,7,11H,1H3/t7-/m1/s1. The maximum absolute atomic E-state index is 8.93.